The molecule has 3 N–H and O–H groups in total. The molecule has 19 heavy (non-hydrogen) atoms. The zero-order valence-corrected chi connectivity index (χ0v) is 11.9. The summed E-state index contributed by atoms with van der Waals surface area (Å²) < 4.78 is 5.70. The number of hydrogen-bond acceptors (Lipinski definition) is 4. The molecule has 2 aliphatic rings. The second-order valence-electron chi connectivity index (χ2n) is 6.11. The third-order valence-corrected chi connectivity index (χ3v) is 4.42. The summed E-state index contributed by atoms with van der Waals surface area (Å²) in [6, 6.07) is 0.142. The Hall–Kier alpha value is -0.160. The van der Waals surface area contributed by atoms with E-state index in [-0.39, 0.29) is 12.1 Å². The highest BCUT2D eigenvalue weighted by molar-refractivity contribution is 4.80. The van der Waals surface area contributed by atoms with Crippen LogP contribution < -0.4 is 5.32 Å². The molecule has 0 aromatic rings. The third kappa shape index (κ3) is 5.38. The summed E-state index contributed by atoms with van der Waals surface area (Å²) >= 11 is 0. The van der Waals surface area contributed by atoms with Crippen LogP contribution in [-0.4, -0.2) is 47.7 Å². The number of hydrogen-bond donors (Lipinski definition) is 3. The Morgan fingerprint density at radius 3 is 2.47 bits per heavy atom. The molecule has 4 nitrogen and oxygen atoms in total. The van der Waals surface area contributed by atoms with Crippen molar-refractivity contribution in [2.24, 2.45) is 0 Å². The van der Waals surface area contributed by atoms with E-state index in [0.717, 1.165) is 32.1 Å². The Bertz CT molecular complexity index is 244. The summed E-state index contributed by atoms with van der Waals surface area (Å²) in [6.07, 6.45) is 9.82. The number of aliphatic hydroxyl groups excluding tert-OH is 2. The zero-order chi connectivity index (χ0) is 13.5. The Kier molecular flexibility index (Phi) is 6.57. The third-order valence-electron chi connectivity index (χ3n) is 4.42. The van der Waals surface area contributed by atoms with Crippen molar-refractivity contribution in [2.75, 3.05) is 13.2 Å². The molecule has 0 bridgehead atoms. The monoisotopic (exact) mass is 271 g/mol. The molecule has 0 amide bonds. The van der Waals surface area contributed by atoms with Crippen LogP contribution in [-0.2, 0) is 4.74 Å². The zero-order valence-electron chi connectivity index (χ0n) is 11.9. The maximum Gasteiger partial charge on any atom is 0.0897 e. The fourth-order valence-electron chi connectivity index (χ4n) is 3.17. The van der Waals surface area contributed by atoms with Crippen molar-refractivity contribution in [3.63, 3.8) is 0 Å². The maximum absolute atomic E-state index is 9.99. The van der Waals surface area contributed by atoms with E-state index in [1.165, 1.54) is 25.7 Å². The molecule has 0 spiro atoms. The average Bonchev–Trinajstić information content (AvgIpc) is 2.84. The van der Waals surface area contributed by atoms with Crippen LogP contribution in [0.4, 0.5) is 0 Å². The largest absolute Gasteiger partial charge is 0.392 e. The highest BCUT2D eigenvalue weighted by Crippen LogP contribution is 2.21. The first-order chi connectivity index (χ1) is 9.25. The van der Waals surface area contributed by atoms with Gasteiger partial charge in [-0.2, -0.15) is 0 Å². The van der Waals surface area contributed by atoms with Gasteiger partial charge in [-0.05, 0) is 25.7 Å². The van der Waals surface area contributed by atoms with Crippen LogP contribution in [0.15, 0.2) is 0 Å². The molecule has 2 aliphatic carbocycles. The second-order valence-corrected chi connectivity index (χ2v) is 6.11. The van der Waals surface area contributed by atoms with Gasteiger partial charge in [0.05, 0.1) is 24.9 Å². The van der Waals surface area contributed by atoms with Gasteiger partial charge in [-0.3, -0.25) is 0 Å². The van der Waals surface area contributed by atoms with Gasteiger partial charge in [0.1, 0.15) is 0 Å². The minimum Gasteiger partial charge on any atom is -0.392 e. The van der Waals surface area contributed by atoms with E-state index in [2.05, 4.69) is 5.32 Å². The summed E-state index contributed by atoms with van der Waals surface area (Å²) in [6.45, 7) is 0.939. The molecule has 0 saturated heterocycles. The molecule has 2 fully saturated rings. The van der Waals surface area contributed by atoms with E-state index in [1.807, 2.05) is 0 Å². The lowest BCUT2D eigenvalue weighted by molar-refractivity contribution is -0.00834. The normalized spacial score (nSPS) is 31.3. The summed E-state index contributed by atoms with van der Waals surface area (Å²) in [5.41, 5.74) is 0. The lowest BCUT2D eigenvalue weighted by Crippen LogP contribution is -2.43. The van der Waals surface area contributed by atoms with Crippen LogP contribution in [0, 0.1) is 0 Å². The standard InChI is InChI=1S/C15H29NO3/c17-12(11-19-13-6-4-5-7-13)10-16-14-8-2-1-3-9-15(14)18/h12-18H,1-11H2. The van der Waals surface area contributed by atoms with Gasteiger partial charge in [0.2, 0.25) is 0 Å². The lowest BCUT2D eigenvalue weighted by Gasteiger charge is -2.24. The molecule has 2 rings (SSSR count). The summed E-state index contributed by atoms with van der Waals surface area (Å²) in [4.78, 5) is 0. The highest BCUT2D eigenvalue weighted by Gasteiger charge is 2.22. The molecule has 3 atom stereocenters. The van der Waals surface area contributed by atoms with Gasteiger partial charge in [0.15, 0.2) is 0 Å². The summed E-state index contributed by atoms with van der Waals surface area (Å²) in [7, 11) is 0. The Morgan fingerprint density at radius 2 is 1.68 bits per heavy atom. The first-order valence-electron chi connectivity index (χ1n) is 7.97. The average molecular weight is 271 g/mol. The molecule has 3 unspecified atom stereocenters. The number of ether oxygens (including phenoxy) is 1. The van der Waals surface area contributed by atoms with E-state index in [0.29, 0.717) is 19.3 Å². The smallest absolute Gasteiger partial charge is 0.0897 e. The number of aliphatic hydroxyl groups is 2. The van der Waals surface area contributed by atoms with Crippen molar-refractivity contribution in [1.29, 1.82) is 0 Å². The molecule has 0 heterocycles. The quantitative estimate of drug-likeness (QED) is 0.642. The van der Waals surface area contributed by atoms with Gasteiger partial charge in [-0.25, -0.2) is 0 Å². The molecule has 0 aromatic heterocycles. The van der Waals surface area contributed by atoms with Crippen LogP contribution in [0.3, 0.4) is 0 Å². The van der Waals surface area contributed by atoms with Gasteiger partial charge in [0, 0.05) is 12.6 Å². The van der Waals surface area contributed by atoms with Crippen molar-refractivity contribution >= 4 is 0 Å². The molecule has 2 saturated carbocycles. The molecule has 0 aliphatic heterocycles. The van der Waals surface area contributed by atoms with E-state index < -0.39 is 6.10 Å². The van der Waals surface area contributed by atoms with Gasteiger partial charge < -0.3 is 20.3 Å². The van der Waals surface area contributed by atoms with Crippen molar-refractivity contribution in [3.8, 4) is 0 Å². The highest BCUT2D eigenvalue weighted by atomic mass is 16.5. The Balaban J connectivity index is 1.60. The minimum absolute atomic E-state index is 0.142. The molecule has 0 aromatic carbocycles. The van der Waals surface area contributed by atoms with Gasteiger partial charge in [-0.15, -0.1) is 0 Å². The van der Waals surface area contributed by atoms with E-state index >= 15 is 0 Å². The summed E-state index contributed by atoms with van der Waals surface area (Å²) in [5.74, 6) is 0. The Labute approximate surface area is 116 Å². The van der Waals surface area contributed by atoms with Crippen LogP contribution in [0.5, 0.6) is 0 Å². The summed E-state index contributed by atoms with van der Waals surface area (Å²) in [5, 5.41) is 23.2. The van der Waals surface area contributed by atoms with Crippen molar-refractivity contribution in [1.82, 2.24) is 5.32 Å². The van der Waals surface area contributed by atoms with Crippen LogP contribution in [0.2, 0.25) is 0 Å². The molecule has 4 heteroatoms. The predicted octanol–water partition coefficient (Wildman–Crippen LogP) is 1.59. The van der Waals surface area contributed by atoms with E-state index in [4.69, 9.17) is 4.74 Å². The van der Waals surface area contributed by atoms with Gasteiger partial charge in [-0.1, -0.05) is 32.1 Å². The number of rotatable bonds is 6. The maximum atomic E-state index is 9.99. The first kappa shape index (κ1) is 15.2. The minimum atomic E-state index is -0.462. The SMILES string of the molecule is OC(CNC1CCCCCC1O)COC1CCCC1. The van der Waals surface area contributed by atoms with Crippen molar-refractivity contribution in [2.45, 2.75) is 82.1 Å². The van der Waals surface area contributed by atoms with E-state index in [1.54, 1.807) is 0 Å². The van der Waals surface area contributed by atoms with Crippen molar-refractivity contribution in [3.05, 3.63) is 0 Å². The van der Waals surface area contributed by atoms with Gasteiger partial charge in [0.25, 0.3) is 0 Å². The fourth-order valence-corrected chi connectivity index (χ4v) is 3.17. The van der Waals surface area contributed by atoms with Gasteiger partial charge >= 0.3 is 0 Å². The number of nitrogens with one attached hydrogen (secondary N) is 1. The molecule has 0 radical (unpaired) electrons. The lowest BCUT2D eigenvalue weighted by atomic mass is 10.1. The van der Waals surface area contributed by atoms with Crippen LogP contribution >= 0.6 is 0 Å². The second kappa shape index (κ2) is 8.20. The van der Waals surface area contributed by atoms with Crippen LogP contribution in [0.1, 0.15) is 57.8 Å². The fraction of sp³-hybridized carbons (Fsp3) is 1.00. The Morgan fingerprint density at radius 1 is 1.00 bits per heavy atom. The molecular weight excluding hydrogens is 242 g/mol. The topological polar surface area (TPSA) is 61.7 Å². The first-order valence-corrected chi connectivity index (χ1v) is 7.97. The molecule has 112 valence electrons. The predicted molar refractivity (Wildman–Crippen MR) is 75.1 cm³/mol. The van der Waals surface area contributed by atoms with Crippen LogP contribution in [0.25, 0.3) is 0 Å². The van der Waals surface area contributed by atoms with E-state index in [9.17, 15) is 10.2 Å². The van der Waals surface area contributed by atoms with Crippen molar-refractivity contribution < 1.29 is 14.9 Å². The molecular formula is C15H29NO3.